The molecule has 0 spiro atoms. The van der Waals surface area contributed by atoms with E-state index in [1.807, 2.05) is 0 Å². The normalized spacial score (nSPS) is 9.79. The van der Waals surface area contributed by atoms with Crippen LogP contribution in [0.3, 0.4) is 0 Å². The van der Waals surface area contributed by atoms with Crippen molar-refractivity contribution in [1.82, 2.24) is 15.6 Å². The number of aromatic nitrogens is 1. The fraction of sp³-hybridized carbons (Fsp3) is 0.500. The minimum Gasteiger partial charge on any atom is -0.440 e. The number of thiocarbonyl (C=S) groups is 1. The Hall–Kier alpha value is -0.750. The summed E-state index contributed by atoms with van der Waals surface area (Å²) in [7, 11) is 1.80. The van der Waals surface area contributed by atoms with Crippen LogP contribution in [0.1, 0.15) is 6.42 Å². The molecule has 78 valence electrons. The molecule has 1 aromatic heterocycles. The molecule has 14 heavy (non-hydrogen) atoms. The van der Waals surface area contributed by atoms with E-state index in [9.17, 15) is 0 Å². The monoisotopic (exact) mass is 231 g/mol. The van der Waals surface area contributed by atoms with Gasteiger partial charge in [-0.2, -0.15) is 0 Å². The highest BCUT2D eigenvalue weighted by Crippen LogP contribution is 2.14. The van der Waals surface area contributed by atoms with E-state index in [2.05, 4.69) is 15.6 Å². The summed E-state index contributed by atoms with van der Waals surface area (Å²) in [5, 5.41) is 7.33. The van der Waals surface area contributed by atoms with Crippen molar-refractivity contribution >= 4 is 29.1 Å². The molecule has 1 heterocycles. The molecule has 0 aliphatic heterocycles. The molecule has 0 unspecified atom stereocenters. The molecule has 1 aromatic rings. The summed E-state index contributed by atoms with van der Waals surface area (Å²) < 4.78 is 5.08. The van der Waals surface area contributed by atoms with Crippen molar-refractivity contribution in [3.05, 3.63) is 12.5 Å². The molecule has 0 atom stereocenters. The molecular weight excluding hydrogens is 218 g/mol. The summed E-state index contributed by atoms with van der Waals surface area (Å²) >= 11 is 6.53. The zero-order valence-corrected chi connectivity index (χ0v) is 9.58. The fourth-order valence-corrected chi connectivity index (χ4v) is 1.63. The van der Waals surface area contributed by atoms with Gasteiger partial charge in [-0.1, -0.05) is 11.8 Å². The lowest BCUT2D eigenvalue weighted by molar-refractivity contribution is 0.454. The second kappa shape index (κ2) is 6.67. The van der Waals surface area contributed by atoms with Gasteiger partial charge in [0.25, 0.3) is 5.22 Å². The average molecular weight is 231 g/mol. The number of nitrogens with one attached hydrogen (secondary N) is 2. The summed E-state index contributed by atoms with van der Waals surface area (Å²) in [5.74, 6) is 0.972. The second-order valence-electron chi connectivity index (χ2n) is 2.51. The molecule has 4 nitrogen and oxygen atoms in total. The van der Waals surface area contributed by atoms with E-state index in [0.717, 1.165) is 23.9 Å². The zero-order chi connectivity index (χ0) is 10.2. The smallest absolute Gasteiger partial charge is 0.255 e. The highest BCUT2D eigenvalue weighted by atomic mass is 32.2. The topological polar surface area (TPSA) is 50.1 Å². The minimum atomic E-state index is 0.686. The van der Waals surface area contributed by atoms with Crippen molar-refractivity contribution in [1.29, 1.82) is 0 Å². The quantitative estimate of drug-likeness (QED) is 0.452. The molecule has 0 amide bonds. The van der Waals surface area contributed by atoms with Crippen LogP contribution in [-0.4, -0.2) is 29.4 Å². The molecule has 0 bridgehead atoms. The van der Waals surface area contributed by atoms with Gasteiger partial charge < -0.3 is 15.1 Å². The number of thioether (sulfide) groups is 1. The Morgan fingerprint density at radius 2 is 2.57 bits per heavy atom. The third-order valence-electron chi connectivity index (χ3n) is 1.47. The van der Waals surface area contributed by atoms with Crippen molar-refractivity contribution in [3.63, 3.8) is 0 Å². The minimum absolute atomic E-state index is 0.686. The predicted molar refractivity (Wildman–Crippen MR) is 61.5 cm³/mol. The lowest BCUT2D eigenvalue weighted by Crippen LogP contribution is -2.33. The van der Waals surface area contributed by atoms with Gasteiger partial charge in [0, 0.05) is 19.3 Å². The molecule has 0 aromatic carbocycles. The standard InChI is InChI=1S/C8H13N3OS2/c1-9-7(13)10-3-2-6-14-8-11-4-5-12-8/h4-5H,2-3,6H2,1H3,(H2,9,10,13). The van der Waals surface area contributed by atoms with Crippen LogP contribution in [0.25, 0.3) is 0 Å². The maximum atomic E-state index is 5.08. The molecule has 1 rings (SSSR count). The molecule has 2 N–H and O–H groups in total. The van der Waals surface area contributed by atoms with Gasteiger partial charge in [0.15, 0.2) is 5.11 Å². The summed E-state index contributed by atoms with van der Waals surface area (Å²) in [6, 6.07) is 0. The molecule has 0 radical (unpaired) electrons. The number of hydrogen-bond donors (Lipinski definition) is 2. The molecule has 0 saturated heterocycles. The molecule has 0 fully saturated rings. The van der Waals surface area contributed by atoms with Crippen LogP contribution in [0.5, 0.6) is 0 Å². The first-order chi connectivity index (χ1) is 6.83. The van der Waals surface area contributed by atoms with E-state index < -0.39 is 0 Å². The van der Waals surface area contributed by atoms with Crippen LogP contribution in [-0.2, 0) is 0 Å². The van der Waals surface area contributed by atoms with Gasteiger partial charge in [-0.25, -0.2) is 4.98 Å². The third-order valence-corrected chi connectivity index (χ3v) is 2.76. The number of hydrogen-bond acceptors (Lipinski definition) is 4. The second-order valence-corrected chi connectivity index (χ2v) is 3.96. The highest BCUT2D eigenvalue weighted by Gasteiger charge is 1.97. The lowest BCUT2D eigenvalue weighted by Gasteiger charge is -2.05. The van der Waals surface area contributed by atoms with E-state index in [-0.39, 0.29) is 0 Å². The maximum Gasteiger partial charge on any atom is 0.255 e. The maximum absolute atomic E-state index is 5.08. The molecule has 0 aliphatic rings. The first-order valence-corrected chi connectivity index (χ1v) is 5.70. The van der Waals surface area contributed by atoms with Crippen LogP contribution >= 0.6 is 24.0 Å². The first-order valence-electron chi connectivity index (χ1n) is 4.31. The first kappa shape index (κ1) is 11.3. The Kier molecular flexibility index (Phi) is 5.39. The summed E-state index contributed by atoms with van der Waals surface area (Å²) in [6.07, 6.45) is 4.25. The van der Waals surface area contributed by atoms with Gasteiger partial charge in [-0.05, 0) is 18.6 Å². The Morgan fingerprint density at radius 1 is 1.71 bits per heavy atom. The Balaban J connectivity index is 1.97. The van der Waals surface area contributed by atoms with Gasteiger partial charge in [0.2, 0.25) is 0 Å². The Morgan fingerprint density at radius 3 is 3.21 bits per heavy atom. The van der Waals surface area contributed by atoms with Gasteiger partial charge in [0.05, 0.1) is 6.20 Å². The largest absolute Gasteiger partial charge is 0.440 e. The number of nitrogens with zero attached hydrogens (tertiary/aromatic N) is 1. The van der Waals surface area contributed by atoms with Crippen LogP contribution in [0, 0.1) is 0 Å². The van der Waals surface area contributed by atoms with Gasteiger partial charge >= 0.3 is 0 Å². The van der Waals surface area contributed by atoms with Gasteiger partial charge in [0.1, 0.15) is 6.26 Å². The van der Waals surface area contributed by atoms with Gasteiger partial charge in [-0.3, -0.25) is 0 Å². The Labute approximate surface area is 92.9 Å². The summed E-state index contributed by atoms with van der Waals surface area (Å²) in [5.41, 5.74) is 0. The lowest BCUT2D eigenvalue weighted by atomic mass is 10.5. The third kappa shape index (κ3) is 4.48. The summed E-state index contributed by atoms with van der Waals surface area (Å²) in [4.78, 5) is 4.00. The SMILES string of the molecule is CNC(=S)NCCCSc1ncco1. The molecular formula is C8H13N3OS2. The van der Waals surface area contributed by atoms with Crippen molar-refractivity contribution in [3.8, 4) is 0 Å². The highest BCUT2D eigenvalue weighted by molar-refractivity contribution is 7.99. The molecule has 0 aliphatic carbocycles. The van der Waals surface area contributed by atoms with Gasteiger partial charge in [-0.15, -0.1) is 0 Å². The van der Waals surface area contributed by atoms with Crippen LogP contribution < -0.4 is 10.6 Å². The Bertz CT molecular complexity index is 264. The number of oxazole rings is 1. The van der Waals surface area contributed by atoms with Crippen molar-refractivity contribution in [2.45, 2.75) is 11.6 Å². The van der Waals surface area contributed by atoms with E-state index in [0.29, 0.717) is 5.11 Å². The van der Waals surface area contributed by atoms with Crippen molar-refractivity contribution in [2.24, 2.45) is 0 Å². The fourth-order valence-electron chi connectivity index (χ4n) is 0.804. The predicted octanol–water partition coefficient (Wildman–Crippen LogP) is 1.25. The summed E-state index contributed by atoms with van der Waals surface area (Å²) in [6.45, 7) is 0.868. The van der Waals surface area contributed by atoms with E-state index in [4.69, 9.17) is 16.6 Å². The van der Waals surface area contributed by atoms with Crippen LogP contribution in [0.15, 0.2) is 22.1 Å². The van der Waals surface area contributed by atoms with Crippen molar-refractivity contribution < 1.29 is 4.42 Å². The van der Waals surface area contributed by atoms with E-state index in [1.54, 1.807) is 31.3 Å². The number of rotatable bonds is 5. The average Bonchev–Trinajstić information content (AvgIpc) is 2.69. The molecule has 0 saturated carbocycles. The van der Waals surface area contributed by atoms with Crippen LogP contribution in [0.4, 0.5) is 0 Å². The van der Waals surface area contributed by atoms with E-state index in [1.165, 1.54) is 0 Å². The van der Waals surface area contributed by atoms with Crippen molar-refractivity contribution in [2.75, 3.05) is 19.3 Å². The molecule has 6 heteroatoms. The zero-order valence-electron chi connectivity index (χ0n) is 7.95. The van der Waals surface area contributed by atoms with Crippen LogP contribution in [0.2, 0.25) is 0 Å². The van der Waals surface area contributed by atoms with E-state index >= 15 is 0 Å².